The zero-order valence-corrected chi connectivity index (χ0v) is 13.4. The van der Waals surface area contributed by atoms with Gasteiger partial charge < -0.3 is 10.1 Å². The molecule has 0 radical (unpaired) electrons. The van der Waals surface area contributed by atoms with Crippen LogP contribution in [-0.2, 0) is 0 Å². The third kappa shape index (κ3) is 2.54. The highest BCUT2D eigenvalue weighted by atomic mass is 79.9. The van der Waals surface area contributed by atoms with Crippen LogP contribution >= 0.6 is 15.9 Å². The van der Waals surface area contributed by atoms with E-state index in [-0.39, 0.29) is 17.2 Å². The first-order valence-corrected chi connectivity index (χ1v) is 7.49. The van der Waals surface area contributed by atoms with Crippen LogP contribution in [0, 0.1) is 15.5 Å². The smallest absolute Gasteiger partial charge is 0.273 e. The number of nitro groups is 1. The molecule has 6 heteroatoms. The van der Waals surface area contributed by atoms with Crippen molar-refractivity contribution in [1.82, 2.24) is 5.32 Å². The van der Waals surface area contributed by atoms with Crippen molar-refractivity contribution in [3.8, 4) is 5.75 Å². The van der Waals surface area contributed by atoms with Crippen LogP contribution in [0.5, 0.6) is 5.75 Å². The van der Waals surface area contributed by atoms with E-state index in [1.54, 1.807) is 6.07 Å². The minimum absolute atomic E-state index is 0.0471. The first-order valence-electron chi connectivity index (χ1n) is 6.70. The number of nitrogens with zero attached hydrogens (tertiary/aromatic N) is 1. The van der Waals surface area contributed by atoms with Crippen LogP contribution in [0.3, 0.4) is 0 Å². The third-order valence-electron chi connectivity index (χ3n) is 4.49. The summed E-state index contributed by atoms with van der Waals surface area (Å²) >= 11 is 3.39. The van der Waals surface area contributed by atoms with Crippen molar-refractivity contribution in [2.24, 2.45) is 5.41 Å². The summed E-state index contributed by atoms with van der Waals surface area (Å²) in [5.74, 6) is 0.540. The van der Waals surface area contributed by atoms with Gasteiger partial charge in [0.2, 0.25) is 0 Å². The quantitative estimate of drug-likeness (QED) is 0.656. The molecule has 1 aromatic carbocycles. The Morgan fingerprint density at radius 2 is 2.30 bits per heavy atom. The molecule has 110 valence electrons. The number of ether oxygens (including phenoxy) is 1. The molecule has 0 bridgehead atoms. The lowest BCUT2D eigenvalue weighted by atomic mass is 9.61. The molecular weight excluding hydrogens is 324 g/mol. The fraction of sp³-hybridized carbons (Fsp3) is 0.571. The summed E-state index contributed by atoms with van der Waals surface area (Å²) in [6, 6.07) is 5.03. The molecule has 0 spiro atoms. The molecule has 1 aromatic rings. The van der Waals surface area contributed by atoms with Crippen molar-refractivity contribution >= 4 is 21.6 Å². The van der Waals surface area contributed by atoms with Crippen LogP contribution in [0.15, 0.2) is 22.7 Å². The first-order chi connectivity index (χ1) is 9.42. The Balaban J connectivity index is 2.19. The third-order valence-corrected chi connectivity index (χ3v) is 5.14. The lowest BCUT2D eigenvalue weighted by molar-refractivity contribution is -0.385. The largest absolute Gasteiger partial charge is 0.488 e. The number of hydrogen-bond acceptors (Lipinski definition) is 4. The normalized spacial score (nSPS) is 28.8. The van der Waals surface area contributed by atoms with Crippen LogP contribution in [0.2, 0.25) is 0 Å². The second-order valence-corrected chi connectivity index (χ2v) is 6.27. The molecule has 3 atom stereocenters. The summed E-state index contributed by atoms with van der Waals surface area (Å²) in [5, 5.41) is 14.1. The van der Waals surface area contributed by atoms with E-state index in [2.05, 4.69) is 35.1 Å². The maximum Gasteiger partial charge on any atom is 0.273 e. The molecule has 20 heavy (non-hydrogen) atoms. The standard InChI is InChI=1S/C14H19BrN2O3/c1-4-14(2)12(16-3)8-13(14)20-11-7-9(17(18)19)5-6-10(11)15/h5-7,12-13,16H,4,8H2,1-3H3. The molecule has 0 amide bonds. The molecule has 0 saturated heterocycles. The number of halogens is 1. The number of benzene rings is 1. The van der Waals surface area contributed by atoms with Crippen molar-refractivity contribution in [3.05, 3.63) is 32.8 Å². The van der Waals surface area contributed by atoms with Gasteiger partial charge in [-0.15, -0.1) is 0 Å². The highest BCUT2D eigenvalue weighted by Crippen LogP contribution is 2.47. The topological polar surface area (TPSA) is 64.4 Å². The van der Waals surface area contributed by atoms with Gasteiger partial charge in [-0.05, 0) is 35.5 Å². The molecule has 1 aliphatic carbocycles. The number of rotatable bonds is 5. The van der Waals surface area contributed by atoms with Crippen molar-refractivity contribution in [3.63, 3.8) is 0 Å². The Morgan fingerprint density at radius 1 is 1.60 bits per heavy atom. The number of hydrogen-bond donors (Lipinski definition) is 1. The van der Waals surface area contributed by atoms with Gasteiger partial charge in [-0.25, -0.2) is 0 Å². The van der Waals surface area contributed by atoms with Gasteiger partial charge >= 0.3 is 0 Å². The van der Waals surface area contributed by atoms with Gasteiger partial charge in [-0.3, -0.25) is 10.1 Å². The lowest BCUT2D eigenvalue weighted by Crippen LogP contribution is -2.62. The Bertz CT molecular complexity index is 523. The Labute approximate surface area is 127 Å². The number of nitro benzene ring substituents is 1. The monoisotopic (exact) mass is 342 g/mol. The summed E-state index contributed by atoms with van der Waals surface area (Å²) in [5.41, 5.74) is 0.101. The predicted molar refractivity (Wildman–Crippen MR) is 81.1 cm³/mol. The van der Waals surface area contributed by atoms with E-state index in [0.29, 0.717) is 11.8 Å². The van der Waals surface area contributed by atoms with Crippen LogP contribution in [-0.4, -0.2) is 24.1 Å². The summed E-state index contributed by atoms with van der Waals surface area (Å²) in [6.45, 7) is 4.33. The van der Waals surface area contributed by atoms with Gasteiger partial charge in [0.25, 0.3) is 5.69 Å². The maximum atomic E-state index is 10.8. The molecule has 3 unspecified atom stereocenters. The molecule has 1 saturated carbocycles. The predicted octanol–water partition coefficient (Wildman–Crippen LogP) is 3.51. The Hall–Kier alpha value is -1.14. The molecule has 2 rings (SSSR count). The average Bonchev–Trinajstić information content (AvgIpc) is 2.43. The summed E-state index contributed by atoms with van der Waals surface area (Å²) in [7, 11) is 1.96. The fourth-order valence-electron chi connectivity index (χ4n) is 2.77. The van der Waals surface area contributed by atoms with Gasteiger partial charge in [0, 0.05) is 23.9 Å². The van der Waals surface area contributed by atoms with Crippen molar-refractivity contribution < 1.29 is 9.66 Å². The van der Waals surface area contributed by atoms with Crippen LogP contribution in [0.25, 0.3) is 0 Å². The van der Waals surface area contributed by atoms with Gasteiger partial charge in [0.1, 0.15) is 11.9 Å². The second kappa shape index (κ2) is 5.69. The van der Waals surface area contributed by atoms with E-state index in [0.717, 1.165) is 17.3 Å². The summed E-state index contributed by atoms with van der Waals surface area (Å²) in [4.78, 5) is 10.4. The van der Waals surface area contributed by atoms with Gasteiger partial charge in [0.15, 0.2) is 0 Å². The highest BCUT2D eigenvalue weighted by Gasteiger charge is 2.51. The molecule has 1 fully saturated rings. The minimum atomic E-state index is -0.407. The Morgan fingerprint density at radius 3 is 2.85 bits per heavy atom. The zero-order valence-electron chi connectivity index (χ0n) is 11.9. The summed E-state index contributed by atoms with van der Waals surface area (Å²) < 4.78 is 6.76. The van der Waals surface area contributed by atoms with E-state index in [1.165, 1.54) is 12.1 Å². The van der Waals surface area contributed by atoms with Gasteiger partial charge in [-0.2, -0.15) is 0 Å². The van der Waals surface area contributed by atoms with Gasteiger partial charge in [0.05, 0.1) is 15.5 Å². The highest BCUT2D eigenvalue weighted by molar-refractivity contribution is 9.10. The SMILES string of the molecule is CCC1(C)C(NC)CC1Oc1cc([N+](=O)[O-])ccc1Br. The first kappa shape index (κ1) is 15.3. The molecule has 0 aromatic heterocycles. The van der Waals surface area contributed by atoms with Crippen LogP contribution in [0.4, 0.5) is 5.69 Å². The zero-order chi connectivity index (χ0) is 14.9. The van der Waals surface area contributed by atoms with Crippen LogP contribution in [0.1, 0.15) is 26.7 Å². The van der Waals surface area contributed by atoms with Crippen LogP contribution < -0.4 is 10.1 Å². The van der Waals surface area contributed by atoms with Gasteiger partial charge in [-0.1, -0.05) is 13.8 Å². The Kier molecular flexibility index (Phi) is 4.34. The van der Waals surface area contributed by atoms with Crippen molar-refractivity contribution in [1.29, 1.82) is 0 Å². The summed E-state index contributed by atoms with van der Waals surface area (Å²) in [6.07, 6.45) is 1.98. The second-order valence-electron chi connectivity index (χ2n) is 5.41. The van der Waals surface area contributed by atoms with E-state index in [9.17, 15) is 10.1 Å². The molecule has 0 aliphatic heterocycles. The van der Waals surface area contributed by atoms with Crippen molar-refractivity contribution in [2.45, 2.75) is 38.8 Å². The van der Waals surface area contributed by atoms with Crippen molar-refractivity contribution in [2.75, 3.05) is 7.05 Å². The van der Waals surface area contributed by atoms with E-state index >= 15 is 0 Å². The maximum absolute atomic E-state index is 10.8. The van der Waals surface area contributed by atoms with E-state index in [1.807, 2.05) is 7.05 Å². The number of nitrogens with one attached hydrogen (secondary N) is 1. The molecule has 1 aliphatic rings. The van der Waals surface area contributed by atoms with E-state index in [4.69, 9.17) is 4.74 Å². The average molecular weight is 343 g/mol. The lowest BCUT2D eigenvalue weighted by Gasteiger charge is -2.53. The number of non-ortho nitro benzene ring substituents is 1. The molecule has 5 nitrogen and oxygen atoms in total. The molecular formula is C14H19BrN2O3. The molecule has 1 N–H and O–H groups in total. The minimum Gasteiger partial charge on any atom is -0.488 e. The molecule has 0 heterocycles. The van der Waals surface area contributed by atoms with E-state index < -0.39 is 4.92 Å². The fourth-order valence-corrected chi connectivity index (χ4v) is 3.11.